The van der Waals surface area contributed by atoms with Crippen LogP contribution < -0.4 is 4.74 Å². The highest BCUT2D eigenvalue weighted by molar-refractivity contribution is 6.30. The van der Waals surface area contributed by atoms with Crippen molar-refractivity contribution < 1.29 is 14.3 Å². The number of halogens is 1. The lowest BCUT2D eigenvalue weighted by Gasteiger charge is -2.28. The van der Waals surface area contributed by atoms with Crippen molar-refractivity contribution in [2.24, 2.45) is 5.92 Å². The van der Waals surface area contributed by atoms with Gasteiger partial charge in [0.2, 0.25) is 0 Å². The standard InChI is InChI=1S/C15H21ClO3/c1-5-14(17)18-11(4)15(10(2)3)19-13-8-6-7-12(16)9-13/h6-11,15H,5H2,1-4H3. The number of carbonyl (C=O) groups excluding carboxylic acids is 1. The molecule has 0 aliphatic carbocycles. The van der Waals surface area contributed by atoms with Crippen LogP contribution in [0.2, 0.25) is 5.02 Å². The highest BCUT2D eigenvalue weighted by atomic mass is 35.5. The van der Waals surface area contributed by atoms with Crippen LogP contribution in [0.5, 0.6) is 5.75 Å². The number of ether oxygens (including phenoxy) is 2. The van der Waals surface area contributed by atoms with E-state index < -0.39 is 0 Å². The molecule has 0 fully saturated rings. The van der Waals surface area contributed by atoms with Gasteiger partial charge in [0, 0.05) is 11.4 Å². The average Bonchev–Trinajstić information content (AvgIpc) is 2.35. The second kappa shape index (κ2) is 7.39. The third-order valence-corrected chi connectivity index (χ3v) is 3.03. The molecule has 0 saturated carbocycles. The highest BCUT2D eigenvalue weighted by Crippen LogP contribution is 2.22. The minimum Gasteiger partial charge on any atom is -0.486 e. The number of hydrogen-bond donors (Lipinski definition) is 0. The third-order valence-electron chi connectivity index (χ3n) is 2.79. The maximum atomic E-state index is 11.4. The van der Waals surface area contributed by atoms with Crippen molar-refractivity contribution in [2.45, 2.75) is 46.3 Å². The summed E-state index contributed by atoms with van der Waals surface area (Å²) in [5, 5.41) is 0.623. The molecular weight excluding hydrogens is 264 g/mol. The molecule has 0 aromatic heterocycles. The Morgan fingerprint density at radius 3 is 2.53 bits per heavy atom. The molecule has 3 nitrogen and oxygen atoms in total. The molecule has 0 spiro atoms. The van der Waals surface area contributed by atoms with E-state index in [1.165, 1.54) is 0 Å². The van der Waals surface area contributed by atoms with Crippen molar-refractivity contribution in [1.29, 1.82) is 0 Å². The van der Waals surface area contributed by atoms with Crippen LogP contribution in [-0.4, -0.2) is 18.2 Å². The molecule has 0 saturated heterocycles. The van der Waals surface area contributed by atoms with Gasteiger partial charge in [0.15, 0.2) is 0 Å². The molecular formula is C15H21ClO3. The van der Waals surface area contributed by atoms with Gasteiger partial charge in [-0.05, 0) is 31.0 Å². The summed E-state index contributed by atoms with van der Waals surface area (Å²) < 4.78 is 11.2. The summed E-state index contributed by atoms with van der Waals surface area (Å²) in [6, 6.07) is 7.22. The van der Waals surface area contributed by atoms with Crippen LogP contribution in [-0.2, 0) is 9.53 Å². The molecule has 0 heterocycles. The van der Waals surface area contributed by atoms with E-state index in [0.29, 0.717) is 17.2 Å². The molecule has 0 radical (unpaired) electrons. The maximum absolute atomic E-state index is 11.4. The van der Waals surface area contributed by atoms with Gasteiger partial charge in [-0.3, -0.25) is 4.79 Å². The lowest BCUT2D eigenvalue weighted by atomic mass is 10.0. The van der Waals surface area contributed by atoms with Crippen molar-refractivity contribution in [2.75, 3.05) is 0 Å². The summed E-state index contributed by atoms with van der Waals surface area (Å²) in [5.74, 6) is 0.692. The predicted molar refractivity (Wildman–Crippen MR) is 76.6 cm³/mol. The van der Waals surface area contributed by atoms with Gasteiger partial charge in [-0.15, -0.1) is 0 Å². The summed E-state index contributed by atoms with van der Waals surface area (Å²) in [6.07, 6.45) is -0.132. The fourth-order valence-electron chi connectivity index (χ4n) is 1.83. The van der Waals surface area contributed by atoms with Gasteiger partial charge >= 0.3 is 5.97 Å². The lowest BCUT2D eigenvalue weighted by Crippen LogP contribution is -2.37. The Balaban J connectivity index is 2.75. The Bertz CT molecular complexity index is 418. The van der Waals surface area contributed by atoms with Crippen molar-refractivity contribution in [3.63, 3.8) is 0 Å². The number of esters is 1. The molecule has 2 unspecified atom stereocenters. The van der Waals surface area contributed by atoms with Crippen molar-refractivity contribution >= 4 is 17.6 Å². The zero-order valence-corrected chi connectivity index (χ0v) is 12.6. The normalized spacial score (nSPS) is 14.0. The zero-order chi connectivity index (χ0) is 14.4. The number of hydrogen-bond acceptors (Lipinski definition) is 3. The molecule has 0 aliphatic rings. The number of carbonyl (C=O) groups is 1. The van der Waals surface area contributed by atoms with Crippen LogP contribution >= 0.6 is 11.6 Å². The average molecular weight is 285 g/mol. The first-order valence-corrected chi connectivity index (χ1v) is 6.93. The van der Waals surface area contributed by atoms with Gasteiger partial charge in [-0.1, -0.05) is 38.4 Å². The molecule has 106 valence electrons. The summed E-state index contributed by atoms with van der Waals surface area (Å²) in [5.41, 5.74) is 0. The van der Waals surface area contributed by atoms with E-state index in [2.05, 4.69) is 0 Å². The minimum absolute atomic E-state index is 0.200. The highest BCUT2D eigenvalue weighted by Gasteiger charge is 2.25. The van der Waals surface area contributed by atoms with Crippen LogP contribution in [0.25, 0.3) is 0 Å². The molecule has 1 aromatic carbocycles. The Morgan fingerprint density at radius 2 is 2.00 bits per heavy atom. The Hall–Kier alpha value is -1.22. The molecule has 4 heteroatoms. The lowest BCUT2D eigenvalue weighted by molar-refractivity contribution is -0.153. The zero-order valence-electron chi connectivity index (χ0n) is 11.9. The van der Waals surface area contributed by atoms with E-state index in [4.69, 9.17) is 21.1 Å². The largest absolute Gasteiger partial charge is 0.486 e. The van der Waals surface area contributed by atoms with E-state index in [1.807, 2.05) is 32.9 Å². The van der Waals surface area contributed by atoms with Gasteiger partial charge < -0.3 is 9.47 Å². The molecule has 0 aliphatic heterocycles. The van der Waals surface area contributed by atoms with Gasteiger partial charge in [0.25, 0.3) is 0 Å². The molecule has 0 bridgehead atoms. The summed E-state index contributed by atoms with van der Waals surface area (Å²) in [4.78, 5) is 11.4. The molecule has 1 rings (SSSR count). The maximum Gasteiger partial charge on any atom is 0.305 e. The molecule has 0 N–H and O–H groups in total. The first kappa shape index (κ1) is 15.8. The van der Waals surface area contributed by atoms with E-state index >= 15 is 0 Å². The third kappa shape index (κ3) is 5.11. The second-order valence-electron chi connectivity index (χ2n) is 4.83. The summed E-state index contributed by atoms with van der Waals surface area (Å²) in [6.45, 7) is 7.69. The van der Waals surface area contributed by atoms with E-state index in [0.717, 1.165) is 0 Å². The van der Waals surface area contributed by atoms with Crippen LogP contribution in [0.3, 0.4) is 0 Å². The van der Waals surface area contributed by atoms with Gasteiger partial charge in [-0.25, -0.2) is 0 Å². The molecule has 0 amide bonds. The summed E-state index contributed by atoms with van der Waals surface area (Å²) >= 11 is 5.93. The Morgan fingerprint density at radius 1 is 1.32 bits per heavy atom. The van der Waals surface area contributed by atoms with Gasteiger partial charge in [0.1, 0.15) is 18.0 Å². The molecule has 1 aromatic rings. The van der Waals surface area contributed by atoms with Gasteiger partial charge in [0.05, 0.1) is 0 Å². The van der Waals surface area contributed by atoms with E-state index in [1.54, 1.807) is 19.1 Å². The minimum atomic E-state index is -0.300. The Kier molecular flexibility index (Phi) is 6.16. The topological polar surface area (TPSA) is 35.5 Å². The fourth-order valence-corrected chi connectivity index (χ4v) is 2.01. The van der Waals surface area contributed by atoms with Crippen LogP contribution in [0.1, 0.15) is 34.1 Å². The van der Waals surface area contributed by atoms with Crippen molar-refractivity contribution in [3.8, 4) is 5.75 Å². The first-order valence-electron chi connectivity index (χ1n) is 6.55. The monoisotopic (exact) mass is 284 g/mol. The smallest absolute Gasteiger partial charge is 0.305 e. The number of rotatable bonds is 6. The fraction of sp³-hybridized carbons (Fsp3) is 0.533. The molecule has 19 heavy (non-hydrogen) atoms. The van der Waals surface area contributed by atoms with E-state index in [-0.39, 0.29) is 24.1 Å². The predicted octanol–water partition coefficient (Wildman–Crippen LogP) is 4.09. The van der Waals surface area contributed by atoms with Crippen LogP contribution in [0.4, 0.5) is 0 Å². The quantitative estimate of drug-likeness (QED) is 0.738. The Labute approximate surface area is 119 Å². The summed E-state index contributed by atoms with van der Waals surface area (Å²) in [7, 11) is 0. The van der Waals surface area contributed by atoms with Crippen molar-refractivity contribution in [3.05, 3.63) is 29.3 Å². The van der Waals surface area contributed by atoms with Crippen LogP contribution in [0.15, 0.2) is 24.3 Å². The van der Waals surface area contributed by atoms with Crippen molar-refractivity contribution in [1.82, 2.24) is 0 Å². The van der Waals surface area contributed by atoms with Gasteiger partial charge in [-0.2, -0.15) is 0 Å². The second-order valence-corrected chi connectivity index (χ2v) is 5.27. The van der Waals surface area contributed by atoms with E-state index in [9.17, 15) is 4.79 Å². The SMILES string of the molecule is CCC(=O)OC(C)C(Oc1cccc(Cl)c1)C(C)C. The first-order chi connectivity index (χ1) is 8.93. The van der Waals surface area contributed by atoms with Crippen LogP contribution in [0, 0.1) is 5.92 Å². The molecule has 2 atom stereocenters. The number of benzene rings is 1.